The van der Waals surface area contributed by atoms with Gasteiger partial charge in [-0.2, -0.15) is 4.68 Å². The summed E-state index contributed by atoms with van der Waals surface area (Å²) in [7, 11) is 0. The molecule has 2 aromatic rings. The number of hydrogen-bond acceptors (Lipinski definition) is 6. The molecule has 9 heteroatoms. The number of amides is 1. The number of nitrogens with one attached hydrogen (secondary N) is 1. The average molecular weight is 449 g/mol. The minimum Gasteiger partial charge on any atom is -0.368 e. The van der Waals surface area contributed by atoms with Gasteiger partial charge < -0.3 is 14.5 Å². The van der Waals surface area contributed by atoms with E-state index >= 15 is 0 Å². The van der Waals surface area contributed by atoms with Crippen LogP contribution in [-0.4, -0.2) is 70.6 Å². The van der Waals surface area contributed by atoms with Crippen LogP contribution in [0.15, 0.2) is 30.5 Å². The van der Waals surface area contributed by atoms with E-state index in [1.807, 2.05) is 23.3 Å². The van der Waals surface area contributed by atoms with E-state index in [0.29, 0.717) is 24.9 Å². The minimum absolute atomic E-state index is 0.0689. The van der Waals surface area contributed by atoms with Crippen LogP contribution < -0.4 is 9.62 Å². The highest BCUT2D eigenvalue weighted by atomic mass is 35.5. The highest BCUT2D eigenvalue weighted by Crippen LogP contribution is 2.33. The van der Waals surface area contributed by atoms with Gasteiger partial charge in [0.25, 0.3) is 0 Å². The summed E-state index contributed by atoms with van der Waals surface area (Å²) in [6.07, 6.45) is 6.09. The second-order valence-corrected chi connectivity index (χ2v) is 8.99. The number of aromatic nitrogens is 2. The smallest absolute Gasteiger partial charge is 0.344 e. The maximum Gasteiger partial charge on any atom is 0.344 e. The molecule has 0 spiro atoms. The number of nitrogens with zero attached hydrogens (tertiary/aromatic N) is 5. The van der Waals surface area contributed by atoms with Crippen molar-refractivity contribution in [3.63, 3.8) is 0 Å². The SMILES string of the molecule is CSNc1ccn(C(=O)N2CCN(Cc3ccc(Cl)c(N4CCCC4C)c3)CC2)n1. The van der Waals surface area contributed by atoms with Gasteiger partial charge in [0.2, 0.25) is 0 Å². The number of rotatable bonds is 5. The monoisotopic (exact) mass is 448 g/mol. The van der Waals surface area contributed by atoms with Gasteiger partial charge in [-0.1, -0.05) is 29.6 Å². The van der Waals surface area contributed by atoms with Crippen molar-refractivity contribution in [3.05, 3.63) is 41.0 Å². The van der Waals surface area contributed by atoms with Gasteiger partial charge in [-0.05, 0) is 37.5 Å². The Morgan fingerprint density at radius 3 is 2.73 bits per heavy atom. The van der Waals surface area contributed by atoms with E-state index in [0.717, 1.165) is 36.9 Å². The van der Waals surface area contributed by atoms with Crippen LogP contribution in [0.25, 0.3) is 0 Å². The maximum absolute atomic E-state index is 12.7. The Labute approximate surface area is 187 Å². The molecular weight excluding hydrogens is 420 g/mol. The van der Waals surface area contributed by atoms with E-state index in [9.17, 15) is 4.79 Å². The fraction of sp³-hybridized carbons (Fsp3) is 0.524. The Hall–Kier alpha value is -1.90. The number of carbonyl (C=O) groups is 1. The van der Waals surface area contributed by atoms with Crippen molar-refractivity contribution in [1.29, 1.82) is 0 Å². The highest BCUT2D eigenvalue weighted by Gasteiger charge is 2.25. The van der Waals surface area contributed by atoms with Crippen LogP contribution in [0.2, 0.25) is 5.02 Å². The van der Waals surface area contributed by atoms with Crippen molar-refractivity contribution in [2.45, 2.75) is 32.4 Å². The Kier molecular flexibility index (Phi) is 6.75. The Morgan fingerprint density at radius 1 is 1.23 bits per heavy atom. The molecule has 1 aromatic carbocycles. The van der Waals surface area contributed by atoms with Crippen LogP contribution in [-0.2, 0) is 6.54 Å². The molecule has 2 aliphatic rings. The molecule has 30 heavy (non-hydrogen) atoms. The molecule has 1 atom stereocenters. The van der Waals surface area contributed by atoms with E-state index < -0.39 is 0 Å². The number of hydrogen-bond donors (Lipinski definition) is 1. The largest absolute Gasteiger partial charge is 0.368 e. The van der Waals surface area contributed by atoms with Crippen molar-refractivity contribution in [2.75, 3.05) is 48.6 Å². The molecule has 1 unspecified atom stereocenters. The molecule has 0 radical (unpaired) electrons. The van der Waals surface area contributed by atoms with Crippen molar-refractivity contribution >= 4 is 41.1 Å². The fourth-order valence-electron chi connectivity index (χ4n) is 4.26. The molecule has 1 N–H and O–H groups in total. The van der Waals surface area contributed by atoms with Crippen LogP contribution in [0.5, 0.6) is 0 Å². The molecule has 1 amide bonds. The van der Waals surface area contributed by atoms with Crippen molar-refractivity contribution < 1.29 is 4.79 Å². The van der Waals surface area contributed by atoms with Crippen molar-refractivity contribution in [1.82, 2.24) is 19.6 Å². The van der Waals surface area contributed by atoms with Gasteiger partial charge in [0.1, 0.15) is 0 Å². The fourth-order valence-corrected chi connectivity index (χ4v) is 4.80. The number of halogens is 1. The molecule has 4 rings (SSSR count). The van der Waals surface area contributed by atoms with Crippen LogP contribution in [0.3, 0.4) is 0 Å². The number of carbonyl (C=O) groups excluding carboxylic acids is 1. The Morgan fingerprint density at radius 2 is 2.03 bits per heavy atom. The molecule has 0 bridgehead atoms. The lowest BCUT2D eigenvalue weighted by atomic mass is 10.1. The van der Waals surface area contributed by atoms with Gasteiger partial charge in [0.05, 0.1) is 10.7 Å². The normalized spacial score (nSPS) is 20.0. The van der Waals surface area contributed by atoms with Gasteiger partial charge in [-0.15, -0.1) is 5.10 Å². The first-order valence-electron chi connectivity index (χ1n) is 10.5. The lowest BCUT2D eigenvalue weighted by molar-refractivity contribution is 0.134. The maximum atomic E-state index is 12.7. The lowest BCUT2D eigenvalue weighted by Gasteiger charge is -2.34. The first kappa shape index (κ1) is 21.3. The molecule has 0 saturated carbocycles. The predicted molar refractivity (Wildman–Crippen MR) is 125 cm³/mol. The Bertz CT molecular complexity index is 882. The van der Waals surface area contributed by atoms with Gasteiger partial charge in [0.15, 0.2) is 5.82 Å². The van der Waals surface area contributed by atoms with Crippen LogP contribution in [0, 0.1) is 0 Å². The second-order valence-electron chi connectivity index (χ2n) is 7.97. The first-order chi connectivity index (χ1) is 14.5. The summed E-state index contributed by atoms with van der Waals surface area (Å²) < 4.78 is 4.46. The molecule has 1 aromatic heterocycles. The number of anilines is 2. The number of benzene rings is 1. The third kappa shape index (κ3) is 4.71. The second kappa shape index (κ2) is 9.49. The summed E-state index contributed by atoms with van der Waals surface area (Å²) >= 11 is 7.96. The molecule has 162 valence electrons. The Balaban J connectivity index is 1.34. The predicted octanol–water partition coefficient (Wildman–Crippen LogP) is 4.00. The van der Waals surface area contributed by atoms with Crippen LogP contribution >= 0.6 is 23.5 Å². The standard InChI is InChI=1S/C21H29ClN6OS/c1-16-4-3-8-27(16)19-14-17(5-6-18(19)22)15-25-10-12-26(13-11-25)21(29)28-9-7-20(23-28)24-30-2/h5-7,9,14,16H,3-4,8,10-13,15H2,1-2H3,(H,23,24). The zero-order valence-corrected chi connectivity index (χ0v) is 19.1. The summed E-state index contributed by atoms with van der Waals surface area (Å²) in [5.41, 5.74) is 2.43. The third-order valence-electron chi connectivity index (χ3n) is 5.91. The molecule has 2 aliphatic heterocycles. The number of piperazine rings is 1. The summed E-state index contributed by atoms with van der Waals surface area (Å²) in [6.45, 7) is 7.32. The minimum atomic E-state index is -0.0689. The van der Waals surface area contributed by atoms with Gasteiger partial charge in [0, 0.05) is 63.8 Å². The van der Waals surface area contributed by atoms with Crippen molar-refractivity contribution in [2.24, 2.45) is 0 Å². The zero-order chi connectivity index (χ0) is 21.1. The van der Waals surface area contributed by atoms with Gasteiger partial charge >= 0.3 is 6.03 Å². The van der Waals surface area contributed by atoms with Crippen LogP contribution in [0.1, 0.15) is 25.3 Å². The summed E-state index contributed by atoms with van der Waals surface area (Å²) in [6, 6.07) is 8.67. The topological polar surface area (TPSA) is 56.6 Å². The molecule has 7 nitrogen and oxygen atoms in total. The van der Waals surface area contributed by atoms with Crippen LogP contribution in [0.4, 0.5) is 16.3 Å². The third-order valence-corrected chi connectivity index (χ3v) is 6.65. The summed E-state index contributed by atoms with van der Waals surface area (Å²) in [5, 5.41) is 5.12. The molecule has 0 aliphatic carbocycles. The summed E-state index contributed by atoms with van der Waals surface area (Å²) in [5.74, 6) is 0.695. The molecule has 3 heterocycles. The quantitative estimate of drug-likeness (QED) is 0.697. The van der Waals surface area contributed by atoms with E-state index in [1.165, 1.54) is 35.0 Å². The average Bonchev–Trinajstić information content (AvgIpc) is 3.39. The van der Waals surface area contributed by atoms with E-state index in [1.54, 1.807) is 6.20 Å². The molecular formula is C21H29ClN6OS. The van der Waals surface area contributed by atoms with Gasteiger partial charge in [-0.25, -0.2) is 4.79 Å². The zero-order valence-electron chi connectivity index (χ0n) is 17.6. The van der Waals surface area contributed by atoms with Gasteiger partial charge in [-0.3, -0.25) is 4.90 Å². The summed E-state index contributed by atoms with van der Waals surface area (Å²) in [4.78, 5) is 19.4. The first-order valence-corrected chi connectivity index (χ1v) is 12.1. The lowest BCUT2D eigenvalue weighted by Crippen LogP contribution is -2.49. The molecule has 2 fully saturated rings. The van der Waals surface area contributed by atoms with E-state index in [-0.39, 0.29) is 6.03 Å². The van der Waals surface area contributed by atoms with Crippen molar-refractivity contribution in [3.8, 4) is 0 Å². The van der Waals surface area contributed by atoms with E-state index in [4.69, 9.17) is 11.6 Å². The molecule has 2 saturated heterocycles. The highest BCUT2D eigenvalue weighted by molar-refractivity contribution is 7.99. The van der Waals surface area contributed by atoms with E-state index in [2.05, 4.69) is 38.7 Å².